The number of carbonyl (C=O) groups is 1. The van der Waals surface area contributed by atoms with Gasteiger partial charge in [-0.05, 0) is 56.3 Å². The van der Waals surface area contributed by atoms with Crippen molar-refractivity contribution in [3.05, 3.63) is 58.9 Å². The van der Waals surface area contributed by atoms with E-state index in [1.54, 1.807) is 28.9 Å². The van der Waals surface area contributed by atoms with Crippen LogP contribution in [0.2, 0.25) is 5.02 Å². The zero-order valence-corrected chi connectivity index (χ0v) is 17.7. The van der Waals surface area contributed by atoms with Crippen molar-refractivity contribution in [3.63, 3.8) is 0 Å². The molecule has 0 spiro atoms. The molecule has 1 amide bonds. The van der Waals surface area contributed by atoms with E-state index in [4.69, 9.17) is 16.3 Å². The minimum atomic E-state index is -0.0319. The Morgan fingerprint density at radius 1 is 1.00 bits per heavy atom. The quantitative estimate of drug-likeness (QED) is 0.624. The molecule has 4 rings (SSSR count). The number of carbonyl (C=O) groups excluding carboxylic acids is 1. The van der Waals surface area contributed by atoms with Crippen molar-refractivity contribution < 1.29 is 9.53 Å². The van der Waals surface area contributed by atoms with Gasteiger partial charge in [-0.2, -0.15) is 5.10 Å². The molecule has 1 fully saturated rings. The number of ether oxygens (including phenoxy) is 1. The summed E-state index contributed by atoms with van der Waals surface area (Å²) in [5.74, 6) is 2.09. The van der Waals surface area contributed by atoms with Gasteiger partial charge in [-0.25, -0.2) is 4.68 Å². The first-order valence-corrected chi connectivity index (χ1v) is 10.2. The predicted octanol–water partition coefficient (Wildman–Crippen LogP) is 2.66. The van der Waals surface area contributed by atoms with E-state index in [-0.39, 0.29) is 12.5 Å². The molecule has 0 atom stereocenters. The van der Waals surface area contributed by atoms with Crippen LogP contribution in [-0.4, -0.2) is 63.6 Å². The molecule has 0 N–H and O–H groups in total. The lowest BCUT2D eigenvalue weighted by Gasteiger charge is -2.35. The molecule has 0 bridgehead atoms. The Kier molecular flexibility index (Phi) is 5.85. The average molecular weight is 427 g/mol. The summed E-state index contributed by atoms with van der Waals surface area (Å²) in [5.41, 5.74) is 1.96. The Balaban J connectivity index is 1.30. The maximum absolute atomic E-state index is 12.4. The first-order valence-electron chi connectivity index (χ1n) is 9.78. The molecule has 3 heterocycles. The highest BCUT2D eigenvalue weighted by atomic mass is 35.5. The SMILES string of the molecule is Cc1cc(C)n(-c2ccc(N3CCN(C(=O)COc4ccc(Cl)cc4)CC3)nn2)n1. The number of piperazine rings is 1. The van der Waals surface area contributed by atoms with Gasteiger partial charge in [0.15, 0.2) is 18.2 Å². The lowest BCUT2D eigenvalue weighted by molar-refractivity contribution is -0.133. The first kappa shape index (κ1) is 20.2. The third-order valence-corrected chi connectivity index (χ3v) is 5.25. The molecule has 9 heteroatoms. The van der Waals surface area contributed by atoms with Crippen molar-refractivity contribution in [2.75, 3.05) is 37.7 Å². The number of hydrogen-bond acceptors (Lipinski definition) is 6. The van der Waals surface area contributed by atoms with Crippen LogP contribution >= 0.6 is 11.6 Å². The van der Waals surface area contributed by atoms with E-state index in [2.05, 4.69) is 20.2 Å². The van der Waals surface area contributed by atoms with Gasteiger partial charge in [0.1, 0.15) is 5.75 Å². The van der Waals surface area contributed by atoms with Crippen LogP contribution in [0, 0.1) is 13.8 Å². The van der Waals surface area contributed by atoms with Crippen LogP contribution in [-0.2, 0) is 4.79 Å². The normalized spacial score (nSPS) is 14.1. The topological polar surface area (TPSA) is 76.4 Å². The summed E-state index contributed by atoms with van der Waals surface area (Å²) in [6.45, 7) is 6.57. The molecule has 0 radical (unpaired) electrons. The summed E-state index contributed by atoms with van der Waals surface area (Å²) in [7, 11) is 0. The first-order chi connectivity index (χ1) is 14.5. The van der Waals surface area contributed by atoms with Crippen molar-refractivity contribution >= 4 is 23.3 Å². The van der Waals surface area contributed by atoms with Crippen LogP contribution in [0.15, 0.2) is 42.5 Å². The second kappa shape index (κ2) is 8.71. The van der Waals surface area contributed by atoms with Gasteiger partial charge in [0.25, 0.3) is 5.91 Å². The van der Waals surface area contributed by atoms with Crippen molar-refractivity contribution in [2.45, 2.75) is 13.8 Å². The largest absolute Gasteiger partial charge is 0.484 e. The van der Waals surface area contributed by atoms with E-state index < -0.39 is 0 Å². The van der Waals surface area contributed by atoms with E-state index in [0.29, 0.717) is 42.8 Å². The van der Waals surface area contributed by atoms with E-state index in [9.17, 15) is 4.79 Å². The van der Waals surface area contributed by atoms with Gasteiger partial charge in [0, 0.05) is 36.9 Å². The van der Waals surface area contributed by atoms with Gasteiger partial charge < -0.3 is 14.5 Å². The van der Waals surface area contributed by atoms with Crippen LogP contribution in [0.1, 0.15) is 11.4 Å². The van der Waals surface area contributed by atoms with Gasteiger partial charge in [-0.15, -0.1) is 10.2 Å². The number of aromatic nitrogens is 4. The Morgan fingerprint density at radius 2 is 1.67 bits per heavy atom. The maximum Gasteiger partial charge on any atom is 0.260 e. The molecule has 8 nitrogen and oxygen atoms in total. The molecule has 1 aromatic carbocycles. The van der Waals surface area contributed by atoms with Crippen LogP contribution in [0.3, 0.4) is 0 Å². The number of nitrogens with zero attached hydrogens (tertiary/aromatic N) is 6. The molecule has 0 aliphatic carbocycles. The van der Waals surface area contributed by atoms with Crippen LogP contribution in [0.4, 0.5) is 5.82 Å². The minimum absolute atomic E-state index is 0.0127. The zero-order valence-electron chi connectivity index (χ0n) is 17.0. The van der Waals surface area contributed by atoms with Crippen LogP contribution in [0.25, 0.3) is 5.82 Å². The highest BCUT2D eigenvalue weighted by molar-refractivity contribution is 6.30. The average Bonchev–Trinajstić information content (AvgIpc) is 3.11. The molecular formula is C21H23ClN6O2. The molecule has 1 aliphatic heterocycles. The van der Waals surface area contributed by atoms with Crippen LogP contribution < -0.4 is 9.64 Å². The van der Waals surface area contributed by atoms with Crippen LogP contribution in [0.5, 0.6) is 5.75 Å². The lowest BCUT2D eigenvalue weighted by atomic mass is 10.3. The van der Waals surface area contributed by atoms with Gasteiger partial charge >= 0.3 is 0 Å². The standard InChI is InChI=1S/C21H23ClN6O2/c1-15-13-16(2)28(25-15)20-8-7-19(23-24-20)26-9-11-27(12-10-26)21(29)14-30-18-5-3-17(22)4-6-18/h3-8,13H,9-12,14H2,1-2H3. The van der Waals surface area contributed by atoms with Gasteiger partial charge in [0.2, 0.25) is 0 Å². The number of anilines is 1. The second-order valence-corrected chi connectivity index (χ2v) is 7.64. The predicted molar refractivity (Wildman–Crippen MR) is 114 cm³/mol. The summed E-state index contributed by atoms with van der Waals surface area (Å²) in [6.07, 6.45) is 0. The molecular weight excluding hydrogens is 404 g/mol. The summed E-state index contributed by atoms with van der Waals surface area (Å²) < 4.78 is 7.34. The van der Waals surface area contributed by atoms with E-state index in [1.165, 1.54) is 0 Å². The molecule has 1 aliphatic rings. The summed E-state index contributed by atoms with van der Waals surface area (Å²) in [4.78, 5) is 16.4. The Labute approximate surface area is 180 Å². The number of aryl methyl sites for hydroxylation is 2. The molecule has 0 unspecified atom stereocenters. The second-order valence-electron chi connectivity index (χ2n) is 7.20. The van der Waals surface area contributed by atoms with Crippen molar-refractivity contribution in [1.82, 2.24) is 24.9 Å². The molecule has 2 aromatic heterocycles. The molecule has 1 saturated heterocycles. The molecule has 156 valence electrons. The van der Waals surface area contributed by atoms with Crippen molar-refractivity contribution in [2.24, 2.45) is 0 Å². The Morgan fingerprint density at radius 3 is 2.27 bits per heavy atom. The van der Waals surface area contributed by atoms with Crippen molar-refractivity contribution in [3.8, 4) is 11.6 Å². The summed E-state index contributed by atoms with van der Waals surface area (Å²) >= 11 is 5.86. The third-order valence-electron chi connectivity index (χ3n) is 5.00. The molecule has 30 heavy (non-hydrogen) atoms. The third kappa shape index (κ3) is 4.54. The highest BCUT2D eigenvalue weighted by Gasteiger charge is 2.22. The molecule has 0 saturated carbocycles. The fourth-order valence-electron chi connectivity index (χ4n) is 3.41. The van der Waals surface area contributed by atoms with E-state index in [1.807, 2.05) is 36.9 Å². The number of benzene rings is 1. The summed E-state index contributed by atoms with van der Waals surface area (Å²) in [5, 5.41) is 13.7. The number of amides is 1. The van der Waals surface area contributed by atoms with Gasteiger partial charge in [0.05, 0.1) is 5.69 Å². The smallest absolute Gasteiger partial charge is 0.260 e. The number of halogens is 1. The van der Waals surface area contributed by atoms with Gasteiger partial charge in [-0.1, -0.05) is 11.6 Å². The maximum atomic E-state index is 12.4. The monoisotopic (exact) mass is 426 g/mol. The van der Waals surface area contributed by atoms with Gasteiger partial charge in [-0.3, -0.25) is 4.79 Å². The zero-order chi connectivity index (χ0) is 21.1. The summed E-state index contributed by atoms with van der Waals surface area (Å²) in [6, 6.07) is 12.8. The fourth-order valence-corrected chi connectivity index (χ4v) is 3.54. The lowest BCUT2D eigenvalue weighted by Crippen LogP contribution is -2.50. The Bertz CT molecular complexity index is 1010. The minimum Gasteiger partial charge on any atom is -0.484 e. The Hall–Kier alpha value is -3.13. The van der Waals surface area contributed by atoms with E-state index >= 15 is 0 Å². The number of hydrogen-bond donors (Lipinski definition) is 0. The molecule has 3 aromatic rings. The fraction of sp³-hybridized carbons (Fsp3) is 0.333. The van der Waals surface area contributed by atoms with Crippen molar-refractivity contribution in [1.29, 1.82) is 0 Å². The highest BCUT2D eigenvalue weighted by Crippen LogP contribution is 2.17. The van der Waals surface area contributed by atoms with E-state index in [0.717, 1.165) is 17.2 Å². The number of rotatable bonds is 5.